The van der Waals surface area contributed by atoms with Crippen LogP contribution in [0.15, 0.2) is 54.6 Å². The number of likely N-dealkylation sites (tertiary alicyclic amines) is 1. The van der Waals surface area contributed by atoms with Crippen LogP contribution in [-0.2, 0) is 6.54 Å². The van der Waals surface area contributed by atoms with Crippen LogP contribution in [-0.4, -0.2) is 41.6 Å². The Balaban J connectivity index is 1.43. The molecule has 3 amide bonds. The molecule has 1 saturated heterocycles. The van der Waals surface area contributed by atoms with Gasteiger partial charge in [0.1, 0.15) is 0 Å². The molecule has 0 bridgehead atoms. The first kappa shape index (κ1) is 19.9. The first-order valence-electron chi connectivity index (χ1n) is 9.76. The number of carbonyl (C=O) groups is 2. The molecule has 3 N–H and O–H groups in total. The molecule has 1 atom stereocenters. The molecule has 6 heteroatoms. The van der Waals surface area contributed by atoms with Gasteiger partial charge in [0, 0.05) is 31.7 Å². The smallest absolute Gasteiger partial charge is 0.315 e. The number of carbonyl (C=O) groups excluding carboxylic acids is 2. The van der Waals surface area contributed by atoms with Gasteiger partial charge in [0.2, 0.25) is 0 Å². The molecule has 0 saturated carbocycles. The summed E-state index contributed by atoms with van der Waals surface area (Å²) in [5, 5.41) is 15.5. The number of hydrogen-bond acceptors (Lipinski definition) is 3. The van der Waals surface area contributed by atoms with Crippen LogP contribution in [0.5, 0.6) is 0 Å². The predicted octanol–water partition coefficient (Wildman–Crippen LogP) is 2.85. The van der Waals surface area contributed by atoms with Crippen LogP contribution in [0.3, 0.4) is 0 Å². The highest BCUT2D eigenvalue weighted by atomic mass is 16.3. The number of aliphatic hydroxyl groups is 1. The highest BCUT2D eigenvalue weighted by Crippen LogP contribution is 2.14. The number of nitrogens with zero attached hydrogens (tertiary/aromatic N) is 1. The fourth-order valence-corrected chi connectivity index (χ4v) is 3.27. The van der Waals surface area contributed by atoms with Gasteiger partial charge in [0.05, 0.1) is 6.10 Å². The van der Waals surface area contributed by atoms with E-state index in [9.17, 15) is 14.7 Å². The number of hydrogen-bond donors (Lipinski definition) is 3. The largest absolute Gasteiger partial charge is 0.387 e. The molecule has 2 aromatic rings. The topological polar surface area (TPSA) is 81.7 Å². The molecule has 0 unspecified atom stereocenters. The van der Waals surface area contributed by atoms with Gasteiger partial charge in [-0.3, -0.25) is 4.79 Å². The van der Waals surface area contributed by atoms with E-state index in [0.717, 1.165) is 37.1 Å². The summed E-state index contributed by atoms with van der Waals surface area (Å²) in [5.41, 5.74) is 2.35. The Labute approximate surface area is 165 Å². The molecular weight excluding hydrogens is 354 g/mol. The summed E-state index contributed by atoms with van der Waals surface area (Å²) in [6.07, 6.45) is 2.59. The Morgan fingerprint density at radius 1 is 0.929 bits per heavy atom. The third-order valence-electron chi connectivity index (χ3n) is 4.94. The zero-order chi connectivity index (χ0) is 19.8. The Hall–Kier alpha value is -2.86. The van der Waals surface area contributed by atoms with Crippen LogP contribution in [0.4, 0.5) is 4.79 Å². The summed E-state index contributed by atoms with van der Waals surface area (Å²) >= 11 is 0. The number of nitrogens with one attached hydrogen (secondary N) is 2. The summed E-state index contributed by atoms with van der Waals surface area (Å²) in [6, 6.07) is 16.2. The van der Waals surface area contributed by atoms with Crippen molar-refractivity contribution < 1.29 is 14.7 Å². The number of amides is 3. The third-order valence-corrected chi connectivity index (χ3v) is 4.94. The molecule has 148 valence electrons. The minimum absolute atomic E-state index is 0.0758. The second kappa shape index (κ2) is 9.90. The minimum Gasteiger partial charge on any atom is -0.387 e. The lowest BCUT2D eigenvalue weighted by molar-refractivity contribution is 0.0724. The van der Waals surface area contributed by atoms with Gasteiger partial charge in [0.25, 0.3) is 5.91 Å². The molecular formula is C22H27N3O3. The van der Waals surface area contributed by atoms with Crippen molar-refractivity contribution in [2.24, 2.45) is 0 Å². The number of urea groups is 1. The van der Waals surface area contributed by atoms with E-state index in [-0.39, 0.29) is 18.5 Å². The van der Waals surface area contributed by atoms with Gasteiger partial charge in [-0.05, 0) is 42.5 Å². The molecule has 1 aliphatic rings. The first-order chi connectivity index (χ1) is 13.6. The van der Waals surface area contributed by atoms with Gasteiger partial charge < -0.3 is 20.6 Å². The fourth-order valence-electron chi connectivity index (χ4n) is 3.27. The zero-order valence-electron chi connectivity index (χ0n) is 15.9. The van der Waals surface area contributed by atoms with Crippen LogP contribution < -0.4 is 10.6 Å². The molecule has 1 aliphatic heterocycles. The van der Waals surface area contributed by atoms with Gasteiger partial charge >= 0.3 is 6.03 Å². The second-order valence-corrected chi connectivity index (χ2v) is 7.04. The van der Waals surface area contributed by atoms with E-state index < -0.39 is 6.10 Å². The zero-order valence-corrected chi connectivity index (χ0v) is 15.9. The van der Waals surface area contributed by atoms with Crippen molar-refractivity contribution in [3.8, 4) is 0 Å². The molecule has 1 fully saturated rings. The molecule has 0 spiro atoms. The van der Waals surface area contributed by atoms with Crippen LogP contribution >= 0.6 is 0 Å². The Morgan fingerprint density at radius 3 is 2.29 bits per heavy atom. The van der Waals surface area contributed by atoms with Crippen molar-refractivity contribution in [2.45, 2.75) is 31.9 Å². The van der Waals surface area contributed by atoms with Crippen LogP contribution in [0.2, 0.25) is 0 Å². The summed E-state index contributed by atoms with van der Waals surface area (Å²) in [4.78, 5) is 26.3. The van der Waals surface area contributed by atoms with Gasteiger partial charge in [-0.25, -0.2) is 4.79 Å². The van der Waals surface area contributed by atoms with Gasteiger partial charge in [-0.2, -0.15) is 0 Å². The summed E-state index contributed by atoms with van der Waals surface area (Å²) in [7, 11) is 0. The highest BCUT2D eigenvalue weighted by Gasteiger charge is 2.17. The second-order valence-electron chi connectivity index (χ2n) is 7.04. The van der Waals surface area contributed by atoms with Crippen LogP contribution in [0.25, 0.3) is 0 Å². The normalized spacial score (nSPS) is 15.0. The molecule has 2 aromatic carbocycles. The number of benzene rings is 2. The Kier molecular flexibility index (Phi) is 7.03. The lowest BCUT2D eigenvalue weighted by Gasteiger charge is -2.26. The summed E-state index contributed by atoms with van der Waals surface area (Å²) in [5.74, 6) is 0.0758. The molecule has 0 aromatic heterocycles. The number of rotatable bonds is 6. The van der Waals surface area contributed by atoms with Crippen molar-refractivity contribution in [1.29, 1.82) is 0 Å². The number of piperidine rings is 1. The Morgan fingerprint density at radius 2 is 1.61 bits per heavy atom. The number of aliphatic hydroxyl groups excluding tert-OH is 1. The molecule has 6 nitrogen and oxygen atoms in total. The van der Waals surface area contributed by atoms with E-state index in [2.05, 4.69) is 10.6 Å². The first-order valence-corrected chi connectivity index (χ1v) is 9.76. The summed E-state index contributed by atoms with van der Waals surface area (Å²) < 4.78 is 0. The lowest BCUT2D eigenvalue weighted by atomic mass is 10.1. The van der Waals surface area contributed by atoms with Crippen molar-refractivity contribution in [1.82, 2.24) is 15.5 Å². The van der Waals surface area contributed by atoms with Gasteiger partial charge in [-0.1, -0.05) is 42.5 Å². The maximum atomic E-state index is 12.5. The fraction of sp³-hybridized carbons (Fsp3) is 0.364. The van der Waals surface area contributed by atoms with E-state index >= 15 is 0 Å². The Bertz CT molecular complexity index is 771. The van der Waals surface area contributed by atoms with Gasteiger partial charge in [-0.15, -0.1) is 0 Å². The van der Waals surface area contributed by atoms with Crippen molar-refractivity contribution in [3.63, 3.8) is 0 Å². The van der Waals surface area contributed by atoms with Crippen LogP contribution in [0.1, 0.15) is 46.9 Å². The quantitative estimate of drug-likeness (QED) is 0.720. The molecule has 3 rings (SSSR count). The molecule has 28 heavy (non-hydrogen) atoms. The lowest BCUT2D eigenvalue weighted by Crippen LogP contribution is -2.37. The summed E-state index contributed by atoms with van der Waals surface area (Å²) in [6.45, 7) is 2.15. The average molecular weight is 381 g/mol. The van der Waals surface area contributed by atoms with E-state index in [0.29, 0.717) is 12.1 Å². The highest BCUT2D eigenvalue weighted by molar-refractivity contribution is 5.94. The van der Waals surface area contributed by atoms with E-state index in [4.69, 9.17) is 0 Å². The van der Waals surface area contributed by atoms with Crippen molar-refractivity contribution in [3.05, 3.63) is 71.3 Å². The van der Waals surface area contributed by atoms with Crippen molar-refractivity contribution in [2.75, 3.05) is 19.6 Å². The van der Waals surface area contributed by atoms with E-state index in [1.807, 2.05) is 59.5 Å². The average Bonchev–Trinajstić information content (AvgIpc) is 2.77. The third kappa shape index (κ3) is 5.57. The molecule has 0 aliphatic carbocycles. The molecule has 1 heterocycles. The van der Waals surface area contributed by atoms with E-state index in [1.165, 1.54) is 6.42 Å². The van der Waals surface area contributed by atoms with E-state index in [1.54, 1.807) is 0 Å². The monoisotopic (exact) mass is 381 g/mol. The standard InChI is InChI=1S/C22H27N3O3/c26-20(18-7-3-1-4-8-18)16-24-22(28)23-15-17-9-11-19(12-10-17)21(27)25-13-5-2-6-14-25/h1,3-4,7-12,20,26H,2,5-6,13-16H2,(H2,23,24,28)/t20-/m1/s1. The minimum atomic E-state index is -0.743. The van der Waals surface area contributed by atoms with Crippen molar-refractivity contribution >= 4 is 11.9 Å². The van der Waals surface area contributed by atoms with Gasteiger partial charge in [0.15, 0.2) is 0 Å². The maximum Gasteiger partial charge on any atom is 0.315 e. The molecule has 0 radical (unpaired) electrons. The predicted molar refractivity (Wildman–Crippen MR) is 108 cm³/mol. The SMILES string of the molecule is O=C(NCc1ccc(C(=O)N2CCCCC2)cc1)NC[C@@H](O)c1ccccc1. The maximum absolute atomic E-state index is 12.5. The van der Waals surface area contributed by atoms with Crippen LogP contribution in [0, 0.1) is 0 Å².